The Balaban J connectivity index is 2.42. The fourth-order valence-electron chi connectivity index (χ4n) is 1.57. The fraction of sp³-hybridized carbons (Fsp3) is 0.875. The first-order valence-electron chi connectivity index (χ1n) is 4.41. The van der Waals surface area contributed by atoms with Crippen molar-refractivity contribution in [2.75, 3.05) is 26.7 Å². The zero-order chi connectivity index (χ0) is 9.73. The average molecular weight is 188 g/mol. The lowest BCUT2D eigenvalue weighted by Crippen LogP contribution is -2.50. The monoisotopic (exact) mass is 188 g/mol. The number of nitrogens with one attached hydrogen (secondary N) is 2. The van der Waals surface area contributed by atoms with Crippen molar-refractivity contribution >= 4 is 6.09 Å². The molecule has 0 saturated carbocycles. The zero-order valence-corrected chi connectivity index (χ0v) is 7.80. The van der Waals surface area contributed by atoms with Crippen LogP contribution in [0.2, 0.25) is 0 Å². The van der Waals surface area contributed by atoms with Crippen LogP contribution in [0.15, 0.2) is 0 Å². The standard InChI is InChI=1S/C8H16N2O3/c1-13-8(6-10-7(11)12)2-4-9-5-3-8/h9-10H,2-6H2,1H3,(H,11,12). The molecule has 1 rings (SSSR count). The third kappa shape index (κ3) is 2.86. The highest BCUT2D eigenvalue weighted by molar-refractivity contribution is 5.64. The van der Waals surface area contributed by atoms with Gasteiger partial charge < -0.3 is 20.5 Å². The molecule has 1 fully saturated rings. The van der Waals surface area contributed by atoms with E-state index in [1.54, 1.807) is 7.11 Å². The molecular weight excluding hydrogens is 172 g/mol. The SMILES string of the molecule is COC1(CNC(=O)O)CCNCC1. The summed E-state index contributed by atoms with van der Waals surface area (Å²) in [5, 5.41) is 14.0. The number of hydrogen-bond donors (Lipinski definition) is 3. The molecule has 1 saturated heterocycles. The molecule has 0 aromatic rings. The molecule has 0 bridgehead atoms. The molecule has 1 amide bonds. The zero-order valence-electron chi connectivity index (χ0n) is 7.80. The molecule has 0 aliphatic carbocycles. The second-order valence-electron chi connectivity index (χ2n) is 3.30. The summed E-state index contributed by atoms with van der Waals surface area (Å²) in [6.07, 6.45) is 0.711. The fourth-order valence-corrected chi connectivity index (χ4v) is 1.57. The van der Waals surface area contributed by atoms with Crippen LogP contribution in [0.5, 0.6) is 0 Å². The first-order chi connectivity index (χ1) is 6.18. The Kier molecular flexibility index (Phi) is 3.50. The Bertz CT molecular complexity index is 178. The van der Waals surface area contributed by atoms with Gasteiger partial charge in [-0.05, 0) is 25.9 Å². The van der Waals surface area contributed by atoms with Crippen molar-refractivity contribution in [1.82, 2.24) is 10.6 Å². The lowest BCUT2D eigenvalue weighted by Gasteiger charge is -2.36. The van der Waals surface area contributed by atoms with Crippen molar-refractivity contribution in [3.63, 3.8) is 0 Å². The van der Waals surface area contributed by atoms with Crippen LogP contribution in [0.25, 0.3) is 0 Å². The average Bonchev–Trinajstić information content (AvgIpc) is 2.16. The molecule has 5 heteroatoms. The summed E-state index contributed by atoms with van der Waals surface area (Å²) in [7, 11) is 1.63. The number of piperidine rings is 1. The number of carboxylic acid groups (broad SMARTS) is 1. The van der Waals surface area contributed by atoms with E-state index in [2.05, 4.69) is 10.6 Å². The van der Waals surface area contributed by atoms with E-state index in [0.717, 1.165) is 25.9 Å². The molecule has 0 spiro atoms. The molecule has 0 aromatic carbocycles. The highest BCUT2D eigenvalue weighted by Gasteiger charge is 2.31. The quantitative estimate of drug-likeness (QED) is 0.584. The number of methoxy groups -OCH3 is 1. The number of ether oxygens (including phenoxy) is 1. The predicted molar refractivity (Wildman–Crippen MR) is 47.9 cm³/mol. The van der Waals surface area contributed by atoms with Crippen molar-refractivity contribution < 1.29 is 14.6 Å². The number of amides is 1. The van der Waals surface area contributed by atoms with E-state index in [9.17, 15) is 4.79 Å². The first-order valence-corrected chi connectivity index (χ1v) is 4.41. The second-order valence-corrected chi connectivity index (χ2v) is 3.30. The maximum absolute atomic E-state index is 10.3. The minimum absolute atomic E-state index is 0.302. The maximum Gasteiger partial charge on any atom is 0.404 e. The molecule has 0 radical (unpaired) electrons. The lowest BCUT2D eigenvalue weighted by atomic mass is 9.92. The molecule has 0 aromatic heterocycles. The summed E-state index contributed by atoms with van der Waals surface area (Å²) in [6.45, 7) is 2.14. The summed E-state index contributed by atoms with van der Waals surface area (Å²) in [5.41, 5.74) is -0.302. The first kappa shape index (κ1) is 10.3. The van der Waals surface area contributed by atoms with Crippen molar-refractivity contribution in [2.45, 2.75) is 18.4 Å². The van der Waals surface area contributed by atoms with Crippen LogP contribution in [-0.4, -0.2) is 43.5 Å². The molecule has 3 N–H and O–H groups in total. The van der Waals surface area contributed by atoms with E-state index in [4.69, 9.17) is 9.84 Å². The van der Waals surface area contributed by atoms with Crippen LogP contribution < -0.4 is 10.6 Å². The Labute approximate surface area is 77.5 Å². The second kappa shape index (κ2) is 4.43. The van der Waals surface area contributed by atoms with E-state index in [0.29, 0.717) is 6.54 Å². The molecule has 5 nitrogen and oxygen atoms in total. The van der Waals surface area contributed by atoms with E-state index in [1.807, 2.05) is 0 Å². The highest BCUT2D eigenvalue weighted by Crippen LogP contribution is 2.20. The molecule has 1 aliphatic rings. The van der Waals surface area contributed by atoms with Gasteiger partial charge in [-0.2, -0.15) is 0 Å². The minimum atomic E-state index is -0.991. The smallest absolute Gasteiger partial charge is 0.404 e. The maximum atomic E-state index is 10.3. The number of rotatable bonds is 3. The summed E-state index contributed by atoms with van der Waals surface area (Å²) in [5.74, 6) is 0. The van der Waals surface area contributed by atoms with Crippen molar-refractivity contribution in [3.05, 3.63) is 0 Å². The van der Waals surface area contributed by atoms with Gasteiger partial charge in [-0.1, -0.05) is 0 Å². The van der Waals surface area contributed by atoms with E-state index >= 15 is 0 Å². The summed E-state index contributed by atoms with van der Waals surface area (Å²) >= 11 is 0. The van der Waals surface area contributed by atoms with Crippen molar-refractivity contribution in [1.29, 1.82) is 0 Å². The van der Waals surface area contributed by atoms with Gasteiger partial charge in [-0.3, -0.25) is 0 Å². The lowest BCUT2D eigenvalue weighted by molar-refractivity contribution is -0.0314. The van der Waals surface area contributed by atoms with Crippen LogP contribution in [0.1, 0.15) is 12.8 Å². The third-order valence-electron chi connectivity index (χ3n) is 2.51. The molecule has 13 heavy (non-hydrogen) atoms. The van der Waals surface area contributed by atoms with Crippen LogP contribution in [0, 0.1) is 0 Å². The van der Waals surface area contributed by atoms with Crippen LogP contribution in [-0.2, 0) is 4.74 Å². The molecule has 1 aliphatic heterocycles. The van der Waals surface area contributed by atoms with Gasteiger partial charge >= 0.3 is 6.09 Å². The van der Waals surface area contributed by atoms with Crippen LogP contribution >= 0.6 is 0 Å². The van der Waals surface area contributed by atoms with E-state index < -0.39 is 6.09 Å². The Morgan fingerprint density at radius 2 is 2.23 bits per heavy atom. The third-order valence-corrected chi connectivity index (χ3v) is 2.51. The van der Waals surface area contributed by atoms with Gasteiger partial charge in [0.2, 0.25) is 0 Å². The molecule has 0 atom stereocenters. The number of carbonyl (C=O) groups is 1. The summed E-state index contributed by atoms with van der Waals surface area (Å²) in [6, 6.07) is 0. The molecule has 1 heterocycles. The Hall–Kier alpha value is -0.810. The topological polar surface area (TPSA) is 70.6 Å². The van der Waals surface area contributed by atoms with Crippen molar-refractivity contribution in [3.8, 4) is 0 Å². The van der Waals surface area contributed by atoms with Gasteiger partial charge in [0.05, 0.1) is 5.60 Å². The van der Waals surface area contributed by atoms with Gasteiger partial charge in [0.15, 0.2) is 0 Å². The predicted octanol–water partition coefficient (Wildman–Crippen LogP) is 0.0226. The molecular formula is C8H16N2O3. The largest absolute Gasteiger partial charge is 0.465 e. The van der Waals surface area contributed by atoms with Gasteiger partial charge in [-0.15, -0.1) is 0 Å². The summed E-state index contributed by atoms with van der Waals surface area (Å²) in [4.78, 5) is 10.3. The Morgan fingerprint density at radius 1 is 1.62 bits per heavy atom. The van der Waals surface area contributed by atoms with Crippen LogP contribution in [0.4, 0.5) is 4.79 Å². The van der Waals surface area contributed by atoms with Gasteiger partial charge in [0.25, 0.3) is 0 Å². The van der Waals surface area contributed by atoms with Gasteiger partial charge in [0, 0.05) is 13.7 Å². The van der Waals surface area contributed by atoms with Crippen molar-refractivity contribution in [2.24, 2.45) is 0 Å². The highest BCUT2D eigenvalue weighted by atomic mass is 16.5. The Morgan fingerprint density at radius 3 is 2.69 bits per heavy atom. The normalized spacial score (nSPS) is 21.0. The molecule has 76 valence electrons. The van der Waals surface area contributed by atoms with Gasteiger partial charge in [0.1, 0.15) is 0 Å². The number of hydrogen-bond acceptors (Lipinski definition) is 3. The molecule has 0 unspecified atom stereocenters. The van der Waals surface area contributed by atoms with Gasteiger partial charge in [-0.25, -0.2) is 4.79 Å². The van der Waals surface area contributed by atoms with E-state index in [-0.39, 0.29) is 5.60 Å². The van der Waals surface area contributed by atoms with Crippen LogP contribution in [0.3, 0.4) is 0 Å². The minimum Gasteiger partial charge on any atom is -0.465 e. The van der Waals surface area contributed by atoms with E-state index in [1.165, 1.54) is 0 Å². The summed E-state index contributed by atoms with van der Waals surface area (Å²) < 4.78 is 5.36.